The number of rotatable bonds is 5. The Bertz CT molecular complexity index is 629. The van der Waals surface area contributed by atoms with Crippen LogP contribution in [0.4, 0.5) is 11.6 Å². The summed E-state index contributed by atoms with van der Waals surface area (Å²) in [6.45, 7) is 2.79. The largest absolute Gasteiger partial charge is 0.491 e. The van der Waals surface area contributed by atoms with Gasteiger partial charge < -0.3 is 15.4 Å². The molecular weight excluding hydrogens is 264 g/mol. The molecule has 5 nitrogen and oxygen atoms in total. The van der Waals surface area contributed by atoms with E-state index in [1.165, 1.54) is 5.56 Å². The molecule has 0 bridgehead atoms. The van der Waals surface area contributed by atoms with E-state index in [1.807, 2.05) is 25.2 Å². The topological polar surface area (TPSA) is 59.1 Å². The van der Waals surface area contributed by atoms with Gasteiger partial charge in [-0.3, -0.25) is 0 Å². The van der Waals surface area contributed by atoms with Crippen LogP contribution in [0, 0.1) is 0 Å². The molecule has 0 fully saturated rings. The lowest BCUT2D eigenvalue weighted by Gasteiger charge is -2.17. The van der Waals surface area contributed by atoms with Crippen LogP contribution in [0.1, 0.15) is 30.5 Å². The molecule has 0 radical (unpaired) electrons. The Morgan fingerprint density at radius 3 is 2.86 bits per heavy atom. The van der Waals surface area contributed by atoms with Gasteiger partial charge in [0, 0.05) is 18.2 Å². The van der Waals surface area contributed by atoms with Crippen molar-refractivity contribution in [1.82, 2.24) is 9.97 Å². The van der Waals surface area contributed by atoms with Crippen LogP contribution in [0.5, 0.6) is 5.75 Å². The van der Waals surface area contributed by atoms with E-state index in [2.05, 4.69) is 33.6 Å². The Kier molecular flexibility index (Phi) is 3.90. The van der Waals surface area contributed by atoms with Crippen molar-refractivity contribution in [3.63, 3.8) is 0 Å². The van der Waals surface area contributed by atoms with Gasteiger partial charge in [-0.2, -0.15) is 0 Å². The third kappa shape index (κ3) is 2.63. The summed E-state index contributed by atoms with van der Waals surface area (Å²) >= 11 is 0. The molecule has 1 aromatic carbocycles. The molecule has 1 unspecified atom stereocenters. The molecule has 0 amide bonds. The molecule has 5 heteroatoms. The number of para-hydroxylation sites is 1. The first kappa shape index (κ1) is 13.7. The Balaban J connectivity index is 1.89. The summed E-state index contributed by atoms with van der Waals surface area (Å²) in [5.41, 5.74) is 2.32. The lowest BCUT2D eigenvalue weighted by Crippen LogP contribution is -2.15. The third-order valence-corrected chi connectivity index (χ3v) is 3.69. The van der Waals surface area contributed by atoms with E-state index in [9.17, 15) is 0 Å². The van der Waals surface area contributed by atoms with Crippen molar-refractivity contribution >= 4 is 11.6 Å². The molecule has 1 aliphatic heterocycles. The van der Waals surface area contributed by atoms with E-state index in [-0.39, 0.29) is 6.04 Å². The average molecular weight is 284 g/mol. The molecule has 1 aromatic heterocycles. The van der Waals surface area contributed by atoms with Gasteiger partial charge in [0.05, 0.1) is 6.04 Å². The Morgan fingerprint density at radius 2 is 2.05 bits per heavy atom. The molecule has 0 aliphatic carbocycles. The lowest BCUT2D eigenvalue weighted by atomic mass is 10.1. The first-order chi connectivity index (χ1) is 10.3. The molecular formula is C16H20N4O. The summed E-state index contributed by atoms with van der Waals surface area (Å²) < 4.78 is 5.72. The Hall–Kier alpha value is -2.30. The standard InChI is InChI=1S/C16H20N4O/c1-3-6-12-15(17-2)18-10-19-16(12)20-13-9-21-14-8-5-4-7-11(13)14/h4-5,7-8,10,13H,3,6,9H2,1-2H3,(H2,17,18,19,20). The fourth-order valence-corrected chi connectivity index (χ4v) is 2.69. The van der Waals surface area contributed by atoms with Crippen LogP contribution in [0.2, 0.25) is 0 Å². The fraction of sp³-hybridized carbons (Fsp3) is 0.375. The van der Waals surface area contributed by atoms with Gasteiger partial charge in [0.15, 0.2) is 0 Å². The number of hydrogen-bond donors (Lipinski definition) is 2. The molecule has 2 N–H and O–H groups in total. The number of anilines is 2. The lowest BCUT2D eigenvalue weighted by molar-refractivity contribution is 0.339. The van der Waals surface area contributed by atoms with Gasteiger partial charge in [-0.1, -0.05) is 31.5 Å². The smallest absolute Gasteiger partial charge is 0.135 e. The zero-order chi connectivity index (χ0) is 14.7. The first-order valence-corrected chi connectivity index (χ1v) is 7.33. The number of hydrogen-bond acceptors (Lipinski definition) is 5. The van der Waals surface area contributed by atoms with E-state index < -0.39 is 0 Å². The second-order valence-electron chi connectivity index (χ2n) is 5.10. The predicted molar refractivity (Wildman–Crippen MR) is 83.9 cm³/mol. The maximum Gasteiger partial charge on any atom is 0.135 e. The van der Waals surface area contributed by atoms with Crippen LogP contribution >= 0.6 is 0 Å². The van der Waals surface area contributed by atoms with Crippen molar-refractivity contribution in [3.8, 4) is 5.75 Å². The van der Waals surface area contributed by atoms with E-state index >= 15 is 0 Å². The summed E-state index contributed by atoms with van der Waals surface area (Å²) in [4.78, 5) is 8.73. The van der Waals surface area contributed by atoms with Gasteiger partial charge in [-0.05, 0) is 12.5 Å². The third-order valence-electron chi connectivity index (χ3n) is 3.69. The van der Waals surface area contributed by atoms with Crippen LogP contribution in [0.15, 0.2) is 30.6 Å². The van der Waals surface area contributed by atoms with Gasteiger partial charge >= 0.3 is 0 Å². The van der Waals surface area contributed by atoms with E-state index in [0.29, 0.717) is 6.61 Å². The van der Waals surface area contributed by atoms with Crippen LogP contribution in [-0.2, 0) is 6.42 Å². The van der Waals surface area contributed by atoms with Gasteiger partial charge in [-0.25, -0.2) is 9.97 Å². The zero-order valence-electron chi connectivity index (χ0n) is 12.4. The number of benzene rings is 1. The van der Waals surface area contributed by atoms with E-state index in [0.717, 1.165) is 35.8 Å². The van der Waals surface area contributed by atoms with E-state index in [4.69, 9.17) is 4.74 Å². The van der Waals surface area contributed by atoms with Crippen molar-refractivity contribution in [2.45, 2.75) is 25.8 Å². The zero-order valence-corrected chi connectivity index (χ0v) is 12.4. The summed E-state index contributed by atoms with van der Waals surface area (Å²) in [6, 6.07) is 8.26. The van der Waals surface area contributed by atoms with Crippen LogP contribution < -0.4 is 15.4 Å². The molecule has 0 saturated carbocycles. The number of ether oxygens (including phenoxy) is 1. The monoisotopic (exact) mass is 284 g/mol. The van der Waals surface area contributed by atoms with Crippen molar-refractivity contribution < 1.29 is 4.74 Å². The predicted octanol–water partition coefficient (Wildman–Crippen LogP) is 3.02. The minimum Gasteiger partial charge on any atom is -0.491 e. The highest BCUT2D eigenvalue weighted by Crippen LogP contribution is 2.35. The maximum atomic E-state index is 5.72. The second kappa shape index (κ2) is 5.99. The van der Waals surface area contributed by atoms with Gasteiger partial charge in [0.1, 0.15) is 30.3 Å². The SMILES string of the molecule is CCCc1c(NC)ncnc1NC1COc2ccccc21. The summed E-state index contributed by atoms with van der Waals surface area (Å²) in [5.74, 6) is 2.73. The van der Waals surface area contributed by atoms with Crippen molar-refractivity contribution in [1.29, 1.82) is 0 Å². The molecule has 1 atom stereocenters. The molecule has 110 valence electrons. The van der Waals surface area contributed by atoms with Crippen LogP contribution in [0.25, 0.3) is 0 Å². The minimum atomic E-state index is 0.136. The summed E-state index contributed by atoms with van der Waals surface area (Å²) in [7, 11) is 1.89. The highest BCUT2D eigenvalue weighted by Gasteiger charge is 2.25. The van der Waals surface area contributed by atoms with Gasteiger partial charge in [0.2, 0.25) is 0 Å². The molecule has 21 heavy (non-hydrogen) atoms. The van der Waals surface area contributed by atoms with Crippen molar-refractivity contribution in [2.75, 3.05) is 24.3 Å². The highest BCUT2D eigenvalue weighted by molar-refractivity contribution is 5.59. The summed E-state index contributed by atoms with van der Waals surface area (Å²) in [6.07, 6.45) is 3.58. The van der Waals surface area contributed by atoms with E-state index in [1.54, 1.807) is 6.33 Å². The molecule has 2 heterocycles. The van der Waals surface area contributed by atoms with Gasteiger partial charge in [-0.15, -0.1) is 0 Å². The average Bonchev–Trinajstić information content (AvgIpc) is 2.92. The van der Waals surface area contributed by atoms with Gasteiger partial charge in [0.25, 0.3) is 0 Å². The number of aromatic nitrogens is 2. The maximum absolute atomic E-state index is 5.72. The molecule has 3 rings (SSSR count). The quantitative estimate of drug-likeness (QED) is 0.884. The molecule has 0 saturated heterocycles. The summed E-state index contributed by atoms with van der Waals surface area (Å²) in [5, 5.41) is 6.65. The number of nitrogens with zero attached hydrogens (tertiary/aromatic N) is 2. The molecule has 1 aliphatic rings. The molecule has 0 spiro atoms. The first-order valence-electron chi connectivity index (χ1n) is 7.33. The molecule has 2 aromatic rings. The number of nitrogens with one attached hydrogen (secondary N) is 2. The normalized spacial score (nSPS) is 16.2. The van der Waals surface area contributed by atoms with Crippen LogP contribution in [-0.4, -0.2) is 23.6 Å². The minimum absolute atomic E-state index is 0.136. The second-order valence-corrected chi connectivity index (χ2v) is 5.10. The van der Waals surface area contributed by atoms with Crippen molar-refractivity contribution in [2.24, 2.45) is 0 Å². The highest BCUT2D eigenvalue weighted by atomic mass is 16.5. The Labute approximate surface area is 124 Å². The van der Waals surface area contributed by atoms with Crippen LogP contribution in [0.3, 0.4) is 0 Å². The number of fused-ring (bicyclic) bond motifs is 1. The fourth-order valence-electron chi connectivity index (χ4n) is 2.69. The van der Waals surface area contributed by atoms with Crippen molar-refractivity contribution in [3.05, 3.63) is 41.7 Å². The Morgan fingerprint density at radius 1 is 1.24 bits per heavy atom.